The van der Waals surface area contributed by atoms with Crippen molar-refractivity contribution in [2.75, 3.05) is 0 Å². The SMILES string of the molecule is O=Cc1c2ccc(Br)cc2c(Cl)c2cc(Br)ccc12. The molecule has 0 saturated heterocycles. The Bertz CT molecular complexity index is 764. The van der Waals surface area contributed by atoms with Crippen LogP contribution in [0.1, 0.15) is 10.4 Å². The van der Waals surface area contributed by atoms with Crippen molar-refractivity contribution >= 4 is 71.3 Å². The first kappa shape index (κ1) is 13.1. The Morgan fingerprint density at radius 2 is 1.32 bits per heavy atom. The molecule has 0 aromatic heterocycles. The number of aldehydes is 1. The number of hydrogen-bond acceptors (Lipinski definition) is 1. The predicted molar refractivity (Wildman–Crippen MR) is 87.3 cm³/mol. The van der Waals surface area contributed by atoms with Gasteiger partial charge in [-0.1, -0.05) is 55.6 Å². The van der Waals surface area contributed by atoms with Gasteiger partial charge in [0.15, 0.2) is 6.29 Å². The molecule has 94 valence electrons. The summed E-state index contributed by atoms with van der Waals surface area (Å²) >= 11 is 13.4. The molecule has 0 unspecified atom stereocenters. The zero-order valence-electron chi connectivity index (χ0n) is 9.58. The van der Waals surface area contributed by atoms with Crippen LogP contribution in [0.15, 0.2) is 45.3 Å². The van der Waals surface area contributed by atoms with Crippen LogP contribution in [-0.4, -0.2) is 6.29 Å². The van der Waals surface area contributed by atoms with Gasteiger partial charge < -0.3 is 0 Å². The molecule has 0 atom stereocenters. The van der Waals surface area contributed by atoms with Crippen molar-refractivity contribution in [1.82, 2.24) is 0 Å². The average molecular weight is 398 g/mol. The number of carbonyl (C=O) groups is 1. The summed E-state index contributed by atoms with van der Waals surface area (Å²) in [7, 11) is 0. The molecule has 0 amide bonds. The monoisotopic (exact) mass is 396 g/mol. The minimum Gasteiger partial charge on any atom is -0.298 e. The Morgan fingerprint density at radius 3 is 1.74 bits per heavy atom. The smallest absolute Gasteiger partial charge is 0.151 e. The van der Waals surface area contributed by atoms with Gasteiger partial charge in [0.1, 0.15) is 0 Å². The third kappa shape index (κ3) is 2.10. The van der Waals surface area contributed by atoms with Crippen LogP contribution in [0.4, 0.5) is 0 Å². The Hall–Kier alpha value is -0.900. The first-order chi connectivity index (χ1) is 9.11. The van der Waals surface area contributed by atoms with Gasteiger partial charge in [-0.3, -0.25) is 4.79 Å². The Morgan fingerprint density at radius 1 is 0.842 bits per heavy atom. The molecule has 3 aromatic carbocycles. The normalized spacial score (nSPS) is 11.1. The minimum atomic E-state index is 0.665. The van der Waals surface area contributed by atoms with Gasteiger partial charge in [-0.15, -0.1) is 0 Å². The highest BCUT2D eigenvalue weighted by molar-refractivity contribution is 9.10. The molecule has 0 aliphatic rings. The van der Waals surface area contributed by atoms with Crippen LogP contribution in [-0.2, 0) is 0 Å². The van der Waals surface area contributed by atoms with Crippen molar-refractivity contribution < 1.29 is 4.79 Å². The van der Waals surface area contributed by atoms with Crippen LogP contribution < -0.4 is 0 Å². The second-order valence-electron chi connectivity index (χ2n) is 4.23. The number of benzene rings is 3. The van der Waals surface area contributed by atoms with Crippen LogP contribution in [0.2, 0.25) is 5.02 Å². The van der Waals surface area contributed by atoms with Crippen LogP contribution in [0.3, 0.4) is 0 Å². The van der Waals surface area contributed by atoms with Gasteiger partial charge in [-0.05, 0) is 35.0 Å². The number of carbonyl (C=O) groups excluding carboxylic acids is 1. The minimum absolute atomic E-state index is 0.665. The van der Waals surface area contributed by atoms with Crippen molar-refractivity contribution in [2.45, 2.75) is 0 Å². The Labute approximate surface area is 131 Å². The first-order valence-corrected chi connectivity index (χ1v) is 7.53. The summed E-state index contributed by atoms with van der Waals surface area (Å²) in [5.74, 6) is 0. The van der Waals surface area contributed by atoms with E-state index in [9.17, 15) is 4.79 Å². The van der Waals surface area contributed by atoms with Gasteiger partial charge in [0, 0.05) is 25.3 Å². The molecule has 4 heteroatoms. The fraction of sp³-hybridized carbons (Fsp3) is 0. The molecule has 0 bridgehead atoms. The maximum Gasteiger partial charge on any atom is 0.151 e. The van der Waals surface area contributed by atoms with Crippen LogP contribution in [0.25, 0.3) is 21.5 Å². The lowest BCUT2D eigenvalue weighted by Gasteiger charge is -2.10. The lowest BCUT2D eigenvalue weighted by Crippen LogP contribution is -1.89. The van der Waals surface area contributed by atoms with E-state index in [0.717, 1.165) is 36.8 Å². The second kappa shape index (κ2) is 4.89. The van der Waals surface area contributed by atoms with Crippen LogP contribution >= 0.6 is 43.5 Å². The van der Waals surface area contributed by atoms with Gasteiger partial charge >= 0.3 is 0 Å². The van der Waals surface area contributed by atoms with E-state index in [4.69, 9.17) is 11.6 Å². The number of rotatable bonds is 1. The molecule has 19 heavy (non-hydrogen) atoms. The standard InChI is InChI=1S/C15H7Br2ClO/c16-8-1-3-10-12(5-8)15(18)13-6-9(17)2-4-11(13)14(10)7-19/h1-7H. The van der Waals surface area contributed by atoms with Gasteiger partial charge in [0.05, 0.1) is 5.02 Å². The highest BCUT2D eigenvalue weighted by atomic mass is 79.9. The summed E-state index contributed by atoms with van der Waals surface area (Å²) in [5.41, 5.74) is 0.675. The molecule has 0 radical (unpaired) electrons. The zero-order chi connectivity index (χ0) is 13.6. The lowest BCUT2D eigenvalue weighted by atomic mass is 9.97. The molecule has 0 spiro atoms. The number of halogens is 3. The Balaban J connectivity index is 2.63. The van der Waals surface area contributed by atoms with E-state index < -0.39 is 0 Å². The first-order valence-electron chi connectivity index (χ1n) is 5.57. The second-order valence-corrected chi connectivity index (χ2v) is 6.43. The highest BCUT2D eigenvalue weighted by Gasteiger charge is 2.12. The molecule has 0 aliphatic heterocycles. The molecule has 0 heterocycles. The summed E-state index contributed by atoms with van der Waals surface area (Å²) in [6.45, 7) is 0. The zero-order valence-corrected chi connectivity index (χ0v) is 13.5. The predicted octanol–water partition coefficient (Wildman–Crippen LogP) is 5.98. The van der Waals surface area contributed by atoms with Crippen molar-refractivity contribution in [2.24, 2.45) is 0 Å². The molecular formula is C15H7Br2ClO. The third-order valence-electron chi connectivity index (χ3n) is 3.13. The van der Waals surface area contributed by atoms with Crippen LogP contribution in [0.5, 0.6) is 0 Å². The molecule has 3 rings (SSSR count). The van der Waals surface area contributed by atoms with E-state index in [1.54, 1.807) is 0 Å². The maximum absolute atomic E-state index is 11.4. The van der Waals surface area contributed by atoms with Gasteiger partial charge in [0.25, 0.3) is 0 Å². The number of hydrogen-bond donors (Lipinski definition) is 0. The fourth-order valence-electron chi connectivity index (χ4n) is 2.28. The van der Waals surface area contributed by atoms with Gasteiger partial charge in [-0.25, -0.2) is 0 Å². The molecule has 3 aromatic rings. The van der Waals surface area contributed by atoms with E-state index in [-0.39, 0.29) is 0 Å². The average Bonchev–Trinajstić information content (AvgIpc) is 2.40. The summed E-state index contributed by atoms with van der Waals surface area (Å²) in [4.78, 5) is 11.4. The van der Waals surface area contributed by atoms with Crippen molar-refractivity contribution in [3.63, 3.8) is 0 Å². The van der Waals surface area contributed by atoms with Gasteiger partial charge in [-0.2, -0.15) is 0 Å². The third-order valence-corrected chi connectivity index (χ3v) is 4.53. The molecule has 1 nitrogen and oxygen atoms in total. The topological polar surface area (TPSA) is 17.1 Å². The number of fused-ring (bicyclic) bond motifs is 2. The van der Waals surface area contributed by atoms with Crippen LogP contribution in [0, 0.1) is 0 Å². The van der Waals surface area contributed by atoms with Crippen molar-refractivity contribution in [3.8, 4) is 0 Å². The highest BCUT2D eigenvalue weighted by Crippen LogP contribution is 2.37. The summed E-state index contributed by atoms with van der Waals surface area (Å²) in [5, 5.41) is 4.17. The summed E-state index contributed by atoms with van der Waals surface area (Å²) in [6.07, 6.45) is 0.892. The summed E-state index contributed by atoms with van der Waals surface area (Å²) in [6, 6.07) is 11.5. The van der Waals surface area contributed by atoms with Crippen molar-refractivity contribution in [3.05, 3.63) is 55.9 Å². The maximum atomic E-state index is 11.4. The Kier molecular flexibility index (Phi) is 3.37. The quantitative estimate of drug-likeness (QED) is 0.364. The van der Waals surface area contributed by atoms with Gasteiger partial charge in [0.2, 0.25) is 0 Å². The lowest BCUT2D eigenvalue weighted by molar-refractivity contribution is 0.112. The van der Waals surface area contributed by atoms with E-state index in [1.165, 1.54) is 0 Å². The van der Waals surface area contributed by atoms with Crippen molar-refractivity contribution in [1.29, 1.82) is 0 Å². The largest absolute Gasteiger partial charge is 0.298 e. The van der Waals surface area contributed by atoms with E-state index >= 15 is 0 Å². The van der Waals surface area contributed by atoms with E-state index in [0.29, 0.717) is 10.6 Å². The molecular weight excluding hydrogens is 391 g/mol. The molecule has 0 N–H and O–H groups in total. The molecule has 0 aliphatic carbocycles. The van der Waals surface area contributed by atoms with E-state index in [2.05, 4.69) is 31.9 Å². The summed E-state index contributed by atoms with van der Waals surface area (Å²) < 4.78 is 1.88. The fourth-order valence-corrected chi connectivity index (χ4v) is 3.32. The molecule has 0 saturated carbocycles. The molecule has 0 fully saturated rings. The van der Waals surface area contributed by atoms with E-state index in [1.807, 2.05) is 36.4 Å².